The molecule has 0 spiro atoms. The predicted octanol–water partition coefficient (Wildman–Crippen LogP) is 2.05. The first-order chi connectivity index (χ1) is 8.22. The zero-order valence-electron chi connectivity index (χ0n) is 11.1. The van der Waals surface area contributed by atoms with Gasteiger partial charge in [0.15, 0.2) is 0 Å². The molecule has 0 aliphatic rings. The molecule has 0 aliphatic heterocycles. The molecular formula is C12H22N4O. The second kappa shape index (κ2) is 7.06. The zero-order chi connectivity index (χ0) is 12.7. The molecular weight excluding hydrogens is 216 g/mol. The highest BCUT2D eigenvalue weighted by molar-refractivity contribution is 5.56. The highest BCUT2D eigenvalue weighted by atomic mass is 16.5. The average Bonchev–Trinajstić information content (AvgIpc) is 2.33. The van der Waals surface area contributed by atoms with Gasteiger partial charge in [-0.05, 0) is 20.3 Å². The molecule has 96 valence electrons. The van der Waals surface area contributed by atoms with E-state index in [2.05, 4.69) is 34.4 Å². The van der Waals surface area contributed by atoms with Gasteiger partial charge in [-0.1, -0.05) is 6.92 Å². The van der Waals surface area contributed by atoms with Crippen molar-refractivity contribution < 1.29 is 4.74 Å². The topological polar surface area (TPSA) is 59.1 Å². The number of hydrogen-bond acceptors (Lipinski definition) is 5. The summed E-state index contributed by atoms with van der Waals surface area (Å²) in [5.74, 6) is 1.76. The smallest absolute Gasteiger partial charge is 0.134 e. The molecule has 0 radical (unpaired) electrons. The first kappa shape index (κ1) is 13.7. The maximum atomic E-state index is 5.16. The Bertz CT molecular complexity index is 343. The van der Waals surface area contributed by atoms with E-state index in [9.17, 15) is 0 Å². The highest BCUT2D eigenvalue weighted by Crippen LogP contribution is 2.19. The lowest BCUT2D eigenvalue weighted by Gasteiger charge is -2.18. The summed E-state index contributed by atoms with van der Waals surface area (Å²) in [5.41, 5.74) is 1.05. The van der Waals surface area contributed by atoms with Gasteiger partial charge in [0.05, 0.1) is 12.6 Å². The van der Waals surface area contributed by atoms with Gasteiger partial charge in [0.1, 0.15) is 18.0 Å². The summed E-state index contributed by atoms with van der Waals surface area (Å²) < 4.78 is 5.16. The molecule has 0 saturated carbocycles. The summed E-state index contributed by atoms with van der Waals surface area (Å²) in [4.78, 5) is 8.49. The summed E-state index contributed by atoms with van der Waals surface area (Å²) in [6.45, 7) is 7.72. The first-order valence-corrected chi connectivity index (χ1v) is 6.03. The third kappa shape index (κ3) is 3.85. The quantitative estimate of drug-likeness (QED) is 0.761. The van der Waals surface area contributed by atoms with Crippen LogP contribution in [0.25, 0.3) is 0 Å². The second-order valence-corrected chi connectivity index (χ2v) is 3.93. The van der Waals surface area contributed by atoms with E-state index in [1.54, 1.807) is 13.4 Å². The van der Waals surface area contributed by atoms with Crippen molar-refractivity contribution in [1.29, 1.82) is 0 Å². The molecule has 1 heterocycles. The van der Waals surface area contributed by atoms with Crippen LogP contribution < -0.4 is 10.6 Å². The van der Waals surface area contributed by atoms with Gasteiger partial charge in [-0.15, -0.1) is 0 Å². The molecule has 0 aliphatic carbocycles. The Kier molecular flexibility index (Phi) is 5.69. The lowest BCUT2D eigenvalue weighted by atomic mass is 10.2. The van der Waals surface area contributed by atoms with Crippen LogP contribution in [-0.4, -0.2) is 36.3 Å². The van der Waals surface area contributed by atoms with E-state index in [-0.39, 0.29) is 6.04 Å². The maximum Gasteiger partial charge on any atom is 0.134 e. The fourth-order valence-electron chi connectivity index (χ4n) is 1.60. The van der Waals surface area contributed by atoms with Crippen LogP contribution in [0.5, 0.6) is 0 Å². The Balaban J connectivity index is 2.79. The van der Waals surface area contributed by atoms with Crippen molar-refractivity contribution >= 4 is 11.6 Å². The summed E-state index contributed by atoms with van der Waals surface area (Å²) in [5, 5.41) is 6.60. The van der Waals surface area contributed by atoms with Gasteiger partial charge in [-0.2, -0.15) is 0 Å². The van der Waals surface area contributed by atoms with Crippen LogP contribution in [0.3, 0.4) is 0 Å². The Morgan fingerprint density at radius 3 is 2.59 bits per heavy atom. The molecule has 0 saturated heterocycles. The van der Waals surface area contributed by atoms with Gasteiger partial charge in [0.2, 0.25) is 0 Å². The number of rotatable bonds is 7. The van der Waals surface area contributed by atoms with Crippen molar-refractivity contribution in [1.82, 2.24) is 9.97 Å². The van der Waals surface area contributed by atoms with Gasteiger partial charge in [0, 0.05) is 19.2 Å². The summed E-state index contributed by atoms with van der Waals surface area (Å²) in [6.07, 6.45) is 2.57. The fourth-order valence-corrected chi connectivity index (χ4v) is 1.60. The molecule has 5 nitrogen and oxygen atoms in total. The van der Waals surface area contributed by atoms with Crippen molar-refractivity contribution in [2.24, 2.45) is 0 Å². The molecule has 5 heteroatoms. The number of ether oxygens (including phenoxy) is 1. The van der Waals surface area contributed by atoms with Crippen LogP contribution in [0.2, 0.25) is 0 Å². The Labute approximate surface area is 103 Å². The second-order valence-electron chi connectivity index (χ2n) is 3.93. The average molecular weight is 238 g/mol. The Morgan fingerprint density at radius 2 is 2.00 bits per heavy atom. The molecule has 1 unspecified atom stereocenters. The SMILES string of the molecule is CCNc1ncnc(NC(CC)COC)c1C. The normalized spacial score (nSPS) is 12.2. The van der Waals surface area contributed by atoms with E-state index in [1.165, 1.54) is 0 Å². The Morgan fingerprint density at radius 1 is 1.29 bits per heavy atom. The van der Waals surface area contributed by atoms with Crippen molar-refractivity contribution in [3.05, 3.63) is 11.9 Å². The van der Waals surface area contributed by atoms with E-state index in [4.69, 9.17) is 4.74 Å². The summed E-state index contributed by atoms with van der Waals surface area (Å²) in [6, 6.07) is 0.281. The van der Waals surface area contributed by atoms with Gasteiger partial charge in [-0.25, -0.2) is 9.97 Å². The largest absolute Gasteiger partial charge is 0.383 e. The number of hydrogen-bond donors (Lipinski definition) is 2. The lowest BCUT2D eigenvalue weighted by molar-refractivity contribution is 0.184. The molecule has 0 amide bonds. The van der Waals surface area contributed by atoms with Crippen LogP contribution in [0, 0.1) is 6.92 Å². The van der Waals surface area contributed by atoms with Crippen molar-refractivity contribution in [2.75, 3.05) is 30.9 Å². The van der Waals surface area contributed by atoms with E-state index in [0.717, 1.165) is 30.2 Å². The van der Waals surface area contributed by atoms with Gasteiger partial charge in [0.25, 0.3) is 0 Å². The number of aromatic nitrogens is 2. The van der Waals surface area contributed by atoms with Crippen molar-refractivity contribution in [2.45, 2.75) is 33.2 Å². The first-order valence-electron chi connectivity index (χ1n) is 6.03. The number of nitrogens with one attached hydrogen (secondary N) is 2. The molecule has 0 aromatic carbocycles. The van der Waals surface area contributed by atoms with Crippen LogP contribution in [-0.2, 0) is 4.74 Å². The number of methoxy groups -OCH3 is 1. The standard InChI is InChI=1S/C12H22N4O/c1-5-10(7-17-4)16-12-9(3)11(13-6-2)14-8-15-12/h8,10H,5-7H2,1-4H3,(H2,13,14,15,16). The van der Waals surface area contributed by atoms with Crippen LogP contribution in [0.4, 0.5) is 11.6 Å². The third-order valence-electron chi connectivity index (χ3n) is 2.63. The molecule has 0 bridgehead atoms. The number of anilines is 2. The minimum atomic E-state index is 0.281. The molecule has 1 atom stereocenters. The monoisotopic (exact) mass is 238 g/mol. The molecule has 2 N–H and O–H groups in total. The molecule has 1 aromatic rings. The van der Waals surface area contributed by atoms with Crippen LogP contribution in [0.1, 0.15) is 25.8 Å². The molecule has 17 heavy (non-hydrogen) atoms. The van der Waals surface area contributed by atoms with Crippen molar-refractivity contribution in [3.63, 3.8) is 0 Å². The molecule has 1 rings (SSSR count). The molecule has 1 aromatic heterocycles. The van der Waals surface area contributed by atoms with Crippen molar-refractivity contribution in [3.8, 4) is 0 Å². The van der Waals surface area contributed by atoms with Crippen LogP contribution >= 0.6 is 0 Å². The highest BCUT2D eigenvalue weighted by Gasteiger charge is 2.10. The predicted molar refractivity (Wildman–Crippen MR) is 70.5 cm³/mol. The fraction of sp³-hybridized carbons (Fsp3) is 0.667. The van der Waals surface area contributed by atoms with E-state index >= 15 is 0 Å². The van der Waals surface area contributed by atoms with E-state index in [0.29, 0.717) is 6.61 Å². The zero-order valence-corrected chi connectivity index (χ0v) is 11.1. The minimum Gasteiger partial charge on any atom is -0.383 e. The van der Waals surface area contributed by atoms with Crippen LogP contribution in [0.15, 0.2) is 6.33 Å². The van der Waals surface area contributed by atoms with E-state index in [1.807, 2.05) is 6.92 Å². The van der Waals surface area contributed by atoms with Gasteiger partial charge in [-0.3, -0.25) is 0 Å². The van der Waals surface area contributed by atoms with E-state index < -0.39 is 0 Å². The van der Waals surface area contributed by atoms with Gasteiger partial charge >= 0.3 is 0 Å². The molecule has 0 fully saturated rings. The summed E-state index contributed by atoms with van der Waals surface area (Å²) in [7, 11) is 1.71. The Hall–Kier alpha value is -1.36. The maximum absolute atomic E-state index is 5.16. The minimum absolute atomic E-state index is 0.281. The third-order valence-corrected chi connectivity index (χ3v) is 2.63. The lowest BCUT2D eigenvalue weighted by Crippen LogP contribution is -2.25. The summed E-state index contributed by atoms with van der Waals surface area (Å²) >= 11 is 0. The van der Waals surface area contributed by atoms with Gasteiger partial charge < -0.3 is 15.4 Å². The number of nitrogens with zero attached hydrogens (tertiary/aromatic N) is 2.